The van der Waals surface area contributed by atoms with Crippen LogP contribution < -0.4 is 25.0 Å². The number of carbonyl (C=O) groups excluding carboxylic acids is 3. The molecule has 4 saturated heterocycles. The molecule has 0 aromatic heterocycles. The molecular formula is C59H81IN2O20S3. The van der Waals surface area contributed by atoms with Gasteiger partial charge in [0.25, 0.3) is 0 Å². The van der Waals surface area contributed by atoms with Crippen LogP contribution in [0.15, 0.2) is 34.9 Å². The number of fused-ring (bicyclic) bond motifs is 2. The van der Waals surface area contributed by atoms with Crippen molar-refractivity contribution >= 4 is 72.6 Å². The van der Waals surface area contributed by atoms with E-state index in [0.29, 0.717) is 21.4 Å². The number of methoxy groups -OCH3 is 4. The van der Waals surface area contributed by atoms with E-state index >= 15 is 0 Å². The Balaban J connectivity index is 1.12. The maximum atomic E-state index is 14.5. The first-order chi connectivity index (χ1) is 40.3. The summed E-state index contributed by atoms with van der Waals surface area (Å²) >= 11 is 2.84. The highest BCUT2D eigenvalue weighted by Crippen LogP contribution is 2.49. The van der Waals surface area contributed by atoms with Crippen LogP contribution >= 0.6 is 55.9 Å². The van der Waals surface area contributed by atoms with Crippen LogP contribution in [-0.4, -0.2) is 210 Å². The standard InChI is InChI=1S/C59H81IN2O20S3/c1-14-61-35-27-75-40(25-39(35)71-10)80-52-47(67)45(30(4)77-57(52)79-38-19-17-15-16-18-21-59(70)26-37(65)33(23-28(2)63)43(38)34(59)20-22-83-85-58(7,8)9)62-82-41-24-36(64)54(32(6)76-41)84-55(69)42-29(3)44(60)50(53(74-13)49(42)72-11)81-56-48(68)51(73-12)46(66)31(5)78-56/h15-16,20,30-32,35-36,38-41,45-48,51-52,54,56-57,61-62,64,66-68,70H,14,22-27H2,1-13H3/b16-15-,34-20+/t30-,31+,32-,35+,36+,38+,39+,40+,41+,45-,46+,47+,48-,51-,52-,54-,56+,57+,59+/m1/s1. The summed E-state index contributed by atoms with van der Waals surface area (Å²) < 4.78 is 67.8. The Morgan fingerprint density at radius 2 is 1.59 bits per heavy atom. The average molecular weight is 1360 g/mol. The first-order valence-electron chi connectivity index (χ1n) is 28.1. The second kappa shape index (κ2) is 30.7. The van der Waals surface area contributed by atoms with Crippen LogP contribution in [0.2, 0.25) is 0 Å². The number of ether oxygens (including phenoxy) is 11. The third kappa shape index (κ3) is 16.6. The molecule has 4 fully saturated rings. The molecule has 19 atom stereocenters. The summed E-state index contributed by atoms with van der Waals surface area (Å²) in [6.45, 7) is 17.1. The molecule has 0 unspecified atom stereocenters. The summed E-state index contributed by atoms with van der Waals surface area (Å²) in [6, 6.07) is -1.22. The van der Waals surface area contributed by atoms with Crippen LogP contribution in [0.1, 0.15) is 97.0 Å². The van der Waals surface area contributed by atoms with E-state index in [1.165, 1.54) is 40.4 Å². The Morgan fingerprint density at radius 3 is 2.24 bits per heavy atom. The van der Waals surface area contributed by atoms with Crippen LogP contribution in [0.5, 0.6) is 17.2 Å². The Labute approximate surface area is 523 Å². The zero-order chi connectivity index (χ0) is 62.2. The number of benzene rings is 1. The average Bonchev–Trinajstić information content (AvgIpc) is 1.27. The summed E-state index contributed by atoms with van der Waals surface area (Å²) in [4.78, 5) is 47.7. The van der Waals surface area contributed by atoms with Crippen LogP contribution in [-0.2, 0) is 52.3 Å². The van der Waals surface area contributed by atoms with Gasteiger partial charge in [0.05, 0.1) is 84.2 Å². The number of hydrogen-bond acceptors (Lipinski definition) is 25. The number of likely N-dealkylation sites (N-methyl/N-ethyl adjacent to an activating group) is 1. The van der Waals surface area contributed by atoms with Crippen LogP contribution in [0, 0.1) is 34.2 Å². The third-order valence-electron chi connectivity index (χ3n) is 15.1. The van der Waals surface area contributed by atoms with Gasteiger partial charge in [0.15, 0.2) is 41.8 Å². The van der Waals surface area contributed by atoms with Gasteiger partial charge in [0, 0.05) is 60.7 Å². The lowest BCUT2D eigenvalue weighted by molar-refractivity contribution is -0.336. The number of ketones is 2. The van der Waals surface area contributed by atoms with Crippen molar-refractivity contribution in [2.75, 3.05) is 47.3 Å². The molecular weight excluding hydrogens is 1280 g/mol. The van der Waals surface area contributed by atoms with Gasteiger partial charge >= 0.3 is 0 Å². The maximum Gasteiger partial charge on any atom is 0.229 e. The molecule has 4 heterocycles. The minimum absolute atomic E-state index is 0.0334. The number of carbonyl (C=O) groups is 3. The van der Waals surface area contributed by atoms with Gasteiger partial charge < -0.3 is 83.0 Å². The van der Waals surface area contributed by atoms with Crippen molar-refractivity contribution in [1.29, 1.82) is 0 Å². The van der Waals surface area contributed by atoms with Crippen molar-refractivity contribution in [2.24, 2.45) is 0 Å². The van der Waals surface area contributed by atoms with Crippen molar-refractivity contribution in [3.63, 3.8) is 0 Å². The molecule has 26 heteroatoms. The first-order valence-corrected chi connectivity index (χ1v) is 32.4. The highest BCUT2D eigenvalue weighted by atomic mass is 127. The molecule has 0 spiro atoms. The number of nitrogens with one attached hydrogen (secondary N) is 2. The lowest BCUT2D eigenvalue weighted by atomic mass is 9.72. The fourth-order valence-corrected chi connectivity index (χ4v) is 14.8. The van der Waals surface area contributed by atoms with E-state index in [-0.39, 0.29) is 88.1 Å². The quantitative estimate of drug-likeness (QED) is 0.0279. The van der Waals surface area contributed by atoms with E-state index in [2.05, 4.69) is 55.2 Å². The highest BCUT2D eigenvalue weighted by Gasteiger charge is 2.52. The van der Waals surface area contributed by atoms with Gasteiger partial charge in [0.1, 0.15) is 42.4 Å². The van der Waals surface area contributed by atoms with Crippen LogP contribution in [0.4, 0.5) is 0 Å². The minimum Gasteiger partial charge on any atom is -0.492 e. The van der Waals surface area contributed by atoms with E-state index in [4.69, 9.17) is 56.9 Å². The normalized spacial score (nSPS) is 35.9. The van der Waals surface area contributed by atoms with Crippen molar-refractivity contribution in [3.8, 4) is 40.9 Å². The maximum absolute atomic E-state index is 14.5. The predicted molar refractivity (Wildman–Crippen MR) is 326 cm³/mol. The molecule has 0 radical (unpaired) electrons. The molecule has 0 saturated carbocycles. The first kappa shape index (κ1) is 69.6. The SMILES string of the molecule is CCN[C@H]1CO[C@@H](O[C@H]2[C@H](O[C@H]3C#C/C=C\C#C[C@]4(O)CC(=O)C(CC(C)=O)=C3/C4=C\CSSC(C)(C)C)O[C@H](C)[C@@H](NO[C@H]3C[C@H](O)[C@H](SC(=O)c4c(C)c(I)c(O[C@@H]5O[C@@H](C)[C@H](O)[C@@H](OC)[C@H]5O)c(OC)c4OC)[C@@H](C)O3)[C@@H]2O)C[C@@H]1OC. The zero-order valence-corrected chi connectivity index (χ0v) is 54.6. The summed E-state index contributed by atoms with van der Waals surface area (Å²) in [6.07, 6.45) is -12.4. The third-order valence-corrected chi connectivity index (χ3v) is 21.0. The molecule has 2 bridgehead atoms. The van der Waals surface area contributed by atoms with Gasteiger partial charge in [0.2, 0.25) is 17.2 Å². The molecule has 0 amide bonds. The van der Waals surface area contributed by atoms with Gasteiger partial charge in [-0.2, -0.15) is 5.48 Å². The molecule has 22 nitrogen and oxygen atoms in total. The van der Waals surface area contributed by atoms with E-state index in [1.807, 2.05) is 29.5 Å². The number of allylic oxidation sites excluding steroid dienone is 3. The van der Waals surface area contributed by atoms with Gasteiger partial charge in [-0.25, -0.2) is 0 Å². The molecule has 1 aromatic rings. The van der Waals surface area contributed by atoms with Crippen LogP contribution in [0.25, 0.3) is 0 Å². The molecule has 1 aromatic carbocycles. The smallest absolute Gasteiger partial charge is 0.229 e. The largest absolute Gasteiger partial charge is 0.492 e. The lowest BCUT2D eigenvalue weighted by Gasteiger charge is -2.46. The molecule has 6 aliphatic rings. The van der Waals surface area contributed by atoms with Gasteiger partial charge in [-0.1, -0.05) is 90.8 Å². The number of Topliss-reactive ketones (excluding diaryl/α,β-unsaturated/α-hetero) is 2. The summed E-state index contributed by atoms with van der Waals surface area (Å²) in [7, 11) is 8.86. The zero-order valence-electron chi connectivity index (χ0n) is 50.0. The molecule has 4 aliphatic heterocycles. The van der Waals surface area contributed by atoms with Gasteiger partial charge in [-0.05, 0) is 81.5 Å². The van der Waals surface area contributed by atoms with Crippen LogP contribution in [0.3, 0.4) is 0 Å². The number of hydroxylamine groups is 1. The van der Waals surface area contributed by atoms with Gasteiger partial charge in [-0.3, -0.25) is 19.2 Å². The number of hydrogen-bond donors (Lipinski definition) is 7. The number of aliphatic hydroxyl groups excluding tert-OH is 4. The summed E-state index contributed by atoms with van der Waals surface area (Å²) in [5.74, 6) is 11.5. The molecule has 2 aliphatic carbocycles. The highest BCUT2D eigenvalue weighted by molar-refractivity contribution is 14.1. The Bertz CT molecular complexity index is 2770. The fourth-order valence-electron chi connectivity index (χ4n) is 10.9. The monoisotopic (exact) mass is 1360 g/mol. The molecule has 85 heavy (non-hydrogen) atoms. The summed E-state index contributed by atoms with van der Waals surface area (Å²) in [5, 5.41) is 60.4. The second-order valence-corrected chi connectivity index (χ2v) is 27.8. The van der Waals surface area contributed by atoms with E-state index < -0.39 is 120 Å². The Morgan fingerprint density at radius 1 is 0.882 bits per heavy atom. The van der Waals surface area contributed by atoms with Crippen molar-refractivity contribution in [3.05, 3.63) is 49.6 Å². The number of rotatable bonds is 22. The lowest BCUT2D eigenvalue weighted by Crippen LogP contribution is -2.65. The molecule has 472 valence electrons. The van der Waals surface area contributed by atoms with E-state index in [9.17, 15) is 39.9 Å². The fraction of sp³-hybridized carbons (Fsp3) is 0.678. The minimum atomic E-state index is -1.98. The predicted octanol–water partition coefficient (Wildman–Crippen LogP) is 4.38. The van der Waals surface area contributed by atoms with Crippen molar-refractivity contribution in [1.82, 2.24) is 10.8 Å². The van der Waals surface area contributed by atoms with Gasteiger partial charge in [-0.15, -0.1) is 0 Å². The van der Waals surface area contributed by atoms with Crippen molar-refractivity contribution < 1.29 is 96.9 Å². The van der Waals surface area contributed by atoms with E-state index in [1.54, 1.807) is 62.5 Å². The molecule has 7 N–H and O–H groups in total. The summed E-state index contributed by atoms with van der Waals surface area (Å²) in [5.41, 5.74) is 2.06. The van der Waals surface area contributed by atoms with Crippen molar-refractivity contribution in [2.45, 2.75) is 208 Å². The molecule has 7 rings (SSSR count). The Hall–Kier alpha value is -2.89. The van der Waals surface area contributed by atoms with E-state index in [0.717, 1.165) is 11.8 Å². The number of thioether (sulfide) groups is 1. The second-order valence-electron chi connectivity index (χ2n) is 22.4. The number of halogens is 1. The Kier molecular flexibility index (Phi) is 25.2. The number of aliphatic hydroxyl groups is 5. The topological polar surface area (TPSA) is 287 Å².